The van der Waals surface area contributed by atoms with Crippen LogP contribution in [0.25, 0.3) is 0 Å². The van der Waals surface area contributed by atoms with Gasteiger partial charge in [0, 0.05) is 13.0 Å². The van der Waals surface area contributed by atoms with Crippen molar-refractivity contribution in [2.24, 2.45) is 0 Å². The SMILES string of the molecule is CCCC(=O)N(O)CC. The first-order chi connectivity index (χ1) is 4.22. The van der Waals surface area contributed by atoms with Crippen LogP contribution in [-0.4, -0.2) is 22.7 Å². The third-order valence-corrected chi connectivity index (χ3v) is 1.05. The maximum absolute atomic E-state index is 10.6. The molecule has 3 nitrogen and oxygen atoms in total. The van der Waals surface area contributed by atoms with Crippen LogP contribution in [0, 0.1) is 0 Å². The molecule has 54 valence electrons. The van der Waals surface area contributed by atoms with Gasteiger partial charge in [0.1, 0.15) is 0 Å². The first-order valence-corrected chi connectivity index (χ1v) is 3.21. The lowest BCUT2D eigenvalue weighted by Gasteiger charge is -2.10. The zero-order valence-corrected chi connectivity index (χ0v) is 5.92. The molecule has 0 saturated carbocycles. The molecule has 0 heterocycles. The van der Waals surface area contributed by atoms with Crippen LogP contribution in [-0.2, 0) is 4.79 Å². The second-order valence-electron chi connectivity index (χ2n) is 1.86. The van der Waals surface area contributed by atoms with Crippen molar-refractivity contribution in [2.75, 3.05) is 6.54 Å². The Balaban J connectivity index is 3.46. The van der Waals surface area contributed by atoms with Crippen molar-refractivity contribution in [2.45, 2.75) is 26.7 Å². The first-order valence-electron chi connectivity index (χ1n) is 3.21. The molecule has 0 aliphatic heterocycles. The van der Waals surface area contributed by atoms with Crippen molar-refractivity contribution >= 4 is 5.91 Å². The molecule has 0 aromatic carbocycles. The standard InChI is InChI=1S/C6H13NO2/c1-3-5-6(8)7(9)4-2/h9H,3-5H2,1-2H3. The summed E-state index contributed by atoms with van der Waals surface area (Å²) in [5.74, 6) is -0.194. The summed E-state index contributed by atoms with van der Waals surface area (Å²) < 4.78 is 0. The molecule has 0 aromatic rings. The van der Waals surface area contributed by atoms with Gasteiger partial charge in [0.25, 0.3) is 0 Å². The van der Waals surface area contributed by atoms with Gasteiger partial charge in [-0.05, 0) is 13.3 Å². The second-order valence-corrected chi connectivity index (χ2v) is 1.86. The Labute approximate surface area is 55.2 Å². The predicted octanol–water partition coefficient (Wildman–Crippen LogP) is 1.02. The summed E-state index contributed by atoms with van der Waals surface area (Å²) in [7, 11) is 0. The van der Waals surface area contributed by atoms with Crippen molar-refractivity contribution in [1.82, 2.24) is 5.06 Å². The normalized spacial score (nSPS) is 9.22. The molecule has 0 aliphatic rings. The van der Waals surface area contributed by atoms with Crippen LogP contribution in [0.5, 0.6) is 0 Å². The number of hydrogen-bond acceptors (Lipinski definition) is 2. The fourth-order valence-electron chi connectivity index (χ4n) is 0.519. The van der Waals surface area contributed by atoms with E-state index in [4.69, 9.17) is 5.21 Å². The summed E-state index contributed by atoms with van der Waals surface area (Å²) in [6.45, 7) is 4.01. The average Bonchev–Trinajstić information content (AvgIpc) is 1.87. The van der Waals surface area contributed by atoms with Crippen LogP contribution in [0.2, 0.25) is 0 Å². The number of nitrogens with zero attached hydrogens (tertiary/aromatic N) is 1. The number of hydroxylamine groups is 2. The summed E-state index contributed by atoms with van der Waals surface area (Å²) in [4.78, 5) is 10.6. The molecule has 3 heteroatoms. The van der Waals surface area contributed by atoms with Gasteiger partial charge in [0.15, 0.2) is 0 Å². The molecule has 0 radical (unpaired) electrons. The predicted molar refractivity (Wildman–Crippen MR) is 34.1 cm³/mol. The van der Waals surface area contributed by atoms with Crippen LogP contribution >= 0.6 is 0 Å². The minimum absolute atomic E-state index is 0.194. The fourth-order valence-corrected chi connectivity index (χ4v) is 0.519. The summed E-state index contributed by atoms with van der Waals surface area (Å²) in [5.41, 5.74) is 0. The van der Waals surface area contributed by atoms with E-state index < -0.39 is 0 Å². The lowest BCUT2D eigenvalue weighted by atomic mass is 10.3. The van der Waals surface area contributed by atoms with Gasteiger partial charge in [0.05, 0.1) is 0 Å². The fraction of sp³-hybridized carbons (Fsp3) is 0.833. The van der Waals surface area contributed by atoms with E-state index in [0.717, 1.165) is 11.5 Å². The van der Waals surface area contributed by atoms with E-state index in [-0.39, 0.29) is 5.91 Å². The molecule has 0 aliphatic carbocycles. The first kappa shape index (κ1) is 8.43. The Kier molecular flexibility index (Phi) is 4.05. The van der Waals surface area contributed by atoms with Gasteiger partial charge in [-0.1, -0.05) is 6.92 Å². The Bertz CT molecular complexity index is 93.1. The Morgan fingerprint density at radius 2 is 2.11 bits per heavy atom. The molecule has 0 bridgehead atoms. The average molecular weight is 131 g/mol. The molecule has 0 atom stereocenters. The van der Waals surface area contributed by atoms with E-state index in [1.54, 1.807) is 6.92 Å². The lowest BCUT2D eigenvalue weighted by molar-refractivity contribution is -0.164. The van der Waals surface area contributed by atoms with Crippen molar-refractivity contribution in [3.05, 3.63) is 0 Å². The highest BCUT2D eigenvalue weighted by atomic mass is 16.5. The molecule has 1 N–H and O–H groups in total. The molecule has 0 aromatic heterocycles. The highest BCUT2D eigenvalue weighted by Gasteiger charge is 2.04. The van der Waals surface area contributed by atoms with Gasteiger partial charge in [-0.3, -0.25) is 10.0 Å². The van der Waals surface area contributed by atoms with Gasteiger partial charge >= 0.3 is 0 Å². The minimum Gasteiger partial charge on any atom is -0.286 e. The summed E-state index contributed by atoms with van der Waals surface area (Å²) in [6.07, 6.45) is 1.22. The molecule has 9 heavy (non-hydrogen) atoms. The Morgan fingerprint density at radius 3 is 2.44 bits per heavy atom. The van der Waals surface area contributed by atoms with Gasteiger partial charge in [-0.25, -0.2) is 5.06 Å². The summed E-state index contributed by atoms with van der Waals surface area (Å²) in [5, 5.41) is 9.48. The molecule has 0 fully saturated rings. The molecular weight excluding hydrogens is 118 g/mol. The zero-order chi connectivity index (χ0) is 7.28. The van der Waals surface area contributed by atoms with Crippen molar-refractivity contribution in [3.8, 4) is 0 Å². The molecule has 0 rings (SSSR count). The number of hydrogen-bond donors (Lipinski definition) is 1. The van der Waals surface area contributed by atoms with Gasteiger partial charge < -0.3 is 0 Å². The lowest BCUT2D eigenvalue weighted by Crippen LogP contribution is -2.26. The molecule has 0 unspecified atom stereocenters. The number of carbonyl (C=O) groups excluding carboxylic acids is 1. The number of carbonyl (C=O) groups is 1. The van der Waals surface area contributed by atoms with Crippen molar-refractivity contribution < 1.29 is 10.0 Å². The quantitative estimate of drug-likeness (QED) is 0.459. The van der Waals surface area contributed by atoms with Crippen molar-refractivity contribution in [3.63, 3.8) is 0 Å². The Morgan fingerprint density at radius 1 is 1.56 bits per heavy atom. The van der Waals surface area contributed by atoms with Gasteiger partial charge in [-0.2, -0.15) is 0 Å². The highest BCUT2D eigenvalue weighted by molar-refractivity contribution is 5.74. The molecule has 0 saturated heterocycles. The van der Waals surface area contributed by atoms with E-state index >= 15 is 0 Å². The maximum atomic E-state index is 10.6. The summed E-state index contributed by atoms with van der Waals surface area (Å²) >= 11 is 0. The van der Waals surface area contributed by atoms with E-state index in [0.29, 0.717) is 13.0 Å². The topological polar surface area (TPSA) is 40.5 Å². The Hall–Kier alpha value is -0.570. The molecule has 0 spiro atoms. The number of amides is 1. The van der Waals surface area contributed by atoms with E-state index in [1.807, 2.05) is 6.92 Å². The van der Waals surface area contributed by atoms with Crippen LogP contribution in [0.3, 0.4) is 0 Å². The van der Waals surface area contributed by atoms with Crippen LogP contribution in [0.1, 0.15) is 26.7 Å². The summed E-state index contributed by atoms with van der Waals surface area (Å²) in [6, 6.07) is 0. The molecule has 1 amide bonds. The third kappa shape index (κ3) is 3.08. The van der Waals surface area contributed by atoms with Crippen LogP contribution in [0.15, 0.2) is 0 Å². The second kappa shape index (κ2) is 4.32. The largest absolute Gasteiger partial charge is 0.286 e. The van der Waals surface area contributed by atoms with E-state index in [1.165, 1.54) is 0 Å². The minimum atomic E-state index is -0.194. The van der Waals surface area contributed by atoms with Crippen molar-refractivity contribution in [1.29, 1.82) is 0 Å². The van der Waals surface area contributed by atoms with E-state index in [9.17, 15) is 4.79 Å². The monoisotopic (exact) mass is 131 g/mol. The van der Waals surface area contributed by atoms with E-state index in [2.05, 4.69) is 0 Å². The molecular formula is C6H13NO2. The maximum Gasteiger partial charge on any atom is 0.245 e. The third-order valence-electron chi connectivity index (χ3n) is 1.05. The van der Waals surface area contributed by atoms with Gasteiger partial charge in [-0.15, -0.1) is 0 Å². The highest BCUT2D eigenvalue weighted by Crippen LogP contribution is 1.92. The zero-order valence-electron chi connectivity index (χ0n) is 5.92. The smallest absolute Gasteiger partial charge is 0.245 e. The number of rotatable bonds is 3. The van der Waals surface area contributed by atoms with Crippen LogP contribution < -0.4 is 0 Å². The van der Waals surface area contributed by atoms with Gasteiger partial charge in [0.2, 0.25) is 5.91 Å². The van der Waals surface area contributed by atoms with Crippen LogP contribution in [0.4, 0.5) is 0 Å².